The lowest BCUT2D eigenvalue weighted by Crippen LogP contribution is -2.36. The molecule has 0 bridgehead atoms. The summed E-state index contributed by atoms with van der Waals surface area (Å²) in [5.41, 5.74) is 0.0362. The highest BCUT2D eigenvalue weighted by Gasteiger charge is 2.27. The van der Waals surface area contributed by atoms with E-state index < -0.39 is 0 Å². The molecule has 0 unspecified atom stereocenters. The molecule has 0 saturated heterocycles. The molecule has 80 valence electrons. The molecule has 13 heavy (non-hydrogen) atoms. The van der Waals surface area contributed by atoms with Gasteiger partial charge in [0.05, 0.1) is 12.2 Å². The van der Waals surface area contributed by atoms with E-state index >= 15 is 0 Å². The van der Waals surface area contributed by atoms with Gasteiger partial charge in [0.15, 0.2) is 6.29 Å². The Morgan fingerprint density at radius 3 is 1.23 bits per heavy atom. The van der Waals surface area contributed by atoms with Crippen molar-refractivity contribution < 1.29 is 9.47 Å². The van der Waals surface area contributed by atoms with E-state index in [2.05, 4.69) is 20.8 Å². The van der Waals surface area contributed by atoms with Crippen LogP contribution in [0.4, 0.5) is 0 Å². The number of hydrogen-bond donors (Lipinski definition) is 0. The van der Waals surface area contributed by atoms with Crippen LogP contribution in [-0.2, 0) is 9.47 Å². The van der Waals surface area contributed by atoms with Gasteiger partial charge in [0, 0.05) is 5.41 Å². The highest BCUT2D eigenvalue weighted by atomic mass is 16.7. The third-order valence-corrected chi connectivity index (χ3v) is 1.50. The van der Waals surface area contributed by atoms with Gasteiger partial charge in [-0.1, -0.05) is 20.8 Å². The summed E-state index contributed by atoms with van der Waals surface area (Å²) in [4.78, 5) is 0. The molecule has 0 aliphatic carbocycles. The Bertz CT molecular complexity index is 124. The molecule has 0 spiro atoms. The Hall–Kier alpha value is -0.0800. The largest absolute Gasteiger partial charge is 0.349 e. The molecule has 2 heteroatoms. The summed E-state index contributed by atoms with van der Waals surface area (Å²) in [6.07, 6.45) is 0.304. The normalized spacial score (nSPS) is 13.4. The van der Waals surface area contributed by atoms with Crippen LogP contribution in [0.5, 0.6) is 0 Å². The van der Waals surface area contributed by atoms with Gasteiger partial charge in [-0.25, -0.2) is 0 Å². The Morgan fingerprint density at radius 2 is 1.08 bits per heavy atom. The van der Waals surface area contributed by atoms with Crippen molar-refractivity contribution in [3.8, 4) is 0 Å². The number of hydrogen-bond acceptors (Lipinski definition) is 2. The lowest BCUT2D eigenvalue weighted by atomic mass is 9.95. The van der Waals surface area contributed by atoms with E-state index in [1.807, 2.05) is 27.7 Å². The van der Waals surface area contributed by atoms with Crippen LogP contribution in [0.3, 0.4) is 0 Å². The fraction of sp³-hybridized carbons (Fsp3) is 1.00. The summed E-state index contributed by atoms with van der Waals surface area (Å²) in [5, 5.41) is 0. The summed E-state index contributed by atoms with van der Waals surface area (Å²) in [6, 6.07) is 0. The second kappa shape index (κ2) is 4.97. The Labute approximate surface area is 82.6 Å². The molecule has 0 amide bonds. The topological polar surface area (TPSA) is 18.5 Å². The van der Waals surface area contributed by atoms with E-state index in [-0.39, 0.29) is 23.9 Å². The maximum Gasteiger partial charge on any atom is 0.163 e. The van der Waals surface area contributed by atoms with Crippen molar-refractivity contribution in [2.45, 2.75) is 67.0 Å². The molecule has 0 aromatic heterocycles. The zero-order valence-corrected chi connectivity index (χ0v) is 10.0. The quantitative estimate of drug-likeness (QED) is 0.631. The van der Waals surface area contributed by atoms with Crippen LogP contribution in [0.15, 0.2) is 0 Å². The fourth-order valence-corrected chi connectivity index (χ4v) is 0.935. The Morgan fingerprint density at radius 1 is 0.769 bits per heavy atom. The molecule has 0 aromatic rings. The van der Waals surface area contributed by atoms with Gasteiger partial charge >= 0.3 is 0 Å². The minimum atomic E-state index is -0.118. The molecule has 0 N–H and O–H groups in total. The standard InChI is InChI=1S/C11H24O2/c1-8(2)12-10(11(5,6)7)13-9(3)4/h8-10H,1-7H3. The molecule has 0 heterocycles. The van der Waals surface area contributed by atoms with Gasteiger partial charge in [-0.05, 0) is 27.7 Å². The average Bonchev–Trinajstić information content (AvgIpc) is 1.81. The highest BCUT2D eigenvalue weighted by Crippen LogP contribution is 2.25. The van der Waals surface area contributed by atoms with Crippen molar-refractivity contribution in [3.05, 3.63) is 0 Å². The maximum atomic E-state index is 5.70. The highest BCUT2D eigenvalue weighted by molar-refractivity contribution is 4.68. The zero-order chi connectivity index (χ0) is 10.6. The van der Waals surface area contributed by atoms with E-state index in [1.165, 1.54) is 0 Å². The first-order valence-electron chi connectivity index (χ1n) is 5.04. The van der Waals surface area contributed by atoms with Gasteiger partial charge in [-0.15, -0.1) is 0 Å². The Kier molecular flexibility index (Phi) is 4.93. The van der Waals surface area contributed by atoms with Crippen molar-refractivity contribution in [1.29, 1.82) is 0 Å². The summed E-state index contributed by atoms with van der Waals surface area (Å²) in [5.74, 6) is 0. The molecule has 0 radical (unpaired) electrons. The SMILES string of the molecule is CC(C)OC(OC(C)C)C(C)(C)C. The summed E-state index contributed by atoms with van der Waals surface area (Å²) in [6.45, 7) is 14.5. The van der Waals surface area contributed by atoms with Crippen LogP contribution in [-0.4, -0.2) is 18.5 Å². The summed E-state index contributed by atoms with van der Waals surface area (Å²) < 4.78 is 11.4. The van der Waals surface area contributed by atoms with Crippen molar-refractivity contribution in [3.63, 3.8) is 0 Å². The molecule has 0 fully saturated rings. The van der Waals surface area contributed by atoms with Gasteiger partial charge in [-0.2, -0.15) is 0 Å². The molecule has 0 saturated carbocycles. The lowest BCUT2D eigenvalue weighted by Gasteiger charge is -2.33. The summed E-state index contributed by atoms with van der Waals surface area (Å²) >= 11 is 0. The molecule has 2 nitrogen and oxygen atoms in total. The smallest absolute Gasteiger partial charge is 0.163 e. The monoisotopic (exact) mass is 188 g/mol. The number of rotatable bonds is 4. The van der Waals surface area contributed by atoms with E-state index in [9.17, 15) is 0 Å². The predicted molar refractivity (Wildman–Crippen MR) is 55.7 cm³/mol. The lowest BCUT2D eigenvalue weighted by molar-refractivity contribution is -0.226. The fourth-order valence-electron chi connectivity index (χ4n) is 0.935. The van der Waals surface area contributed by atoms with Crippen LogP contribution in [0, 0.1) is 5.41 Å². The van der Waals surface area contributed by atoms with Gasteiger partial charge in [0.1, 0.15) is 0 Å². The van der Waals surface area contributed by atoms with Gasteiger partial charge in [-0.3, -0.25) is 0 Å². The predicted octanol–water partition coefficient (Wildman–Crippen LogP) is 3.21. The van der Waals surface area contributed by atoms with Crippen LogP contribution in [0.25, 0.3) is 0 Å². The molecule has 0 aliphatic rings. The van der Waals surface area contributed by atoms with E-state index in [4.69, 9.17) is 9.47 Å². The van der Waals surface area contributed by atoms with Crippen LogP contribution >= 0.6 is 0 Å². The van der Waals surface area contributed by atoms with Crippen LogP contribution < -0.4 is 0 Å². The van der Waals surface area contributed by atoms with Crippen molar-refractivity contribution in [2.24, 2.45) is 5.41 Å². The molecule has 0 rings (SSSR count). The van der Waals surface area contributed by atoms with Gasteiger partial charge in [0.25, 0.3) is 0 Å². The Balaban J connectivity index is 4.20. The van der Waals surface area contributed by atoms with Gasteiger partial charge in [0.2, 0.25) is 0 Å². The second-order valence-electron chi connectivity index (χ2n) is 5.07. The van der Waals surface area contributed by atoms with E-state index in [0.29, 0.717) is 0 Å². The molecular weight excluding hydrogens is 164 g/mol. The first-order chi connectivity index (χ1) is 5.73. The maximum absolute atomic E-state index is 5.70. The second-order valence-corrected chi connectivity index (χ2v) is 5.07. The summed E-state index contributed by atoms with van der Waals surface area (Å²) in [7, 11) is 0. The van der Waals surface area contributed by atoms with Crippen LogP contribution in [0.2, 0.25) is 0 Å². The first kappa shape index (κ1) is 12.9. The average molecular weight is 188 g/mol. The van der Waals surface area contributed by atoms with E-state index in [1.54, 1.807) is 0 Å². The molecule has 0 aromatic carbocycles. The minimum absolute atomic E-state index is 0.0362. The zero-order valence-electron chi connectivity index (χ0n) is 10.0. The van der Waals surface area contributed by atoms with Crippen LogP contribution in [0.1, 0.15) is 48.5 Å². The molecule has 0 aliphatic heterocycles. The first-order valence-corrected chi connectivity index (χ1v) is 5.04. The third-order valence-electron chi connectivity index (χ3n) is 1.50. The van der Waals surface area contributed by atoms with Crippen molar-refractivity contribution in [1.82, 2.24) is 0 Å². The minimum Gasteiger partial charge on any atom is -0.349 e. The molecular formula is C11H24O2. The van der Waals surface area contributed by atoms with E-state index in [0.717, 1.165) is 0 Å². The van der Waals surface area contributed by atoms with Crippen molar-refractivity contribution >= 4 is 0 Å². The number of ether oxygens (including phenoxy) is 2. The molecule has 0 atom stereocenters. The van der Waals surface area contributed by atoms with Crippen molar-refractivity contribution in [2.75, 3.05) is 0 Å². The third kappa shape index (κ3) is 6.05. The van der Waals surface area contributed by atoms with Gasteiger partial charge < -0.3 is 9.47 Å².